The number of carbonyl (C=O) groups is 2. The molecule has 1 aliphatic rings. The molecule has 0 aliphatic carbocycles. The van der Waals surface area contributed by atoms with Gasteiger partial charge in [-0.05, 0) is 26.7 Å². The highest BCUT2D eigenvalue weighted by molar-refractivity contribution is 5.81. The second-order valence-electron chi connectivity index (χ2n) is 6.18. The molecule has 1 fully saturated rings. The van der Waals surface area contributed by atoms with Gasteiger partial charge in [0.25, 0.3) is 0 Å². The Hall–Kier alpha value is -1.30. The zero-order valence-electron chi connectivity index (χ0n) is 12.3. The average Bonchev–Trinajstić information content (AvgIpc) is 2.55. The van der Waals surface area contributed by atoms with Crippen LogP contribution in [0.15, 0.2) is 0 Å². The van der Waals surface area contributed by atoms with Crippen LogP contribution in [0.1, 0.15) is 27.7 Å². The quantitative estimate of drug-likeness (QED) is 0.788. The van der Waals surface area contributed by atoms with Crippen molar-refractivity contribution in [1.82, 2.24) is 10.2 Å². The van der Waals surface area contributed by atoms with Gasteiger partial charge in [0, 0.05) is 13.6 Å². The third-order valence-electron chi connectivity index (χ3n) is 3.09. The number of likely N-dealkylation sites (N-methyl/N-ethyl adjacent to an activating group) is 1. The van der Waals surface area contributed by atoms with Gasteiger partial charge in [0.2, 0.25) is 5.91 Å². The average molecular weight is 272 g/mol. The highest BCUT2D eigenvalue weighted by atomic mass is 16.6. The molecule has 19 heavy (non-hydrogen) atoms. The lowest BCUT2D eigenvalue weighted by Gasteiger charge is -2.28. The molecule has 0 aromatic heterocycles. The van der Waals surface area contributed by atoms with Crippen molar-refractivity contribution in [2.45, 2.75) is 39.4 Å². The van der Waals surface area contributed by atoms with Crippen molar-refractivity contribution in [3.8, 4) is 0 Å². The summed E-state index contributed by atoms with van der Waals surface area (Å²) < 4.78 is 5.19. The van der Waals surface area contributed by atoms with E-state index in [1.165, 1.54) is 4.90 Å². The van der Waals surface area contributed by atoms with E-state index in [1.807, 2.05) is 6.92 Å². The number of nitrogens with one attached hydrogen (secondary N) is 1. The molecule has 3 atom stereocenters. The van der Waals surface area contributed by atoms with Crippen LogP contribution in [-0.4, -0.2) is 53.8 Å². The van der Waals surface area contributed by atoms with Crippen LogP contribution >= 0.6 is 0 Å². The lowest BCUT2D eigenvalue weighted by Crippen LogP contribution is -2.43. The summed E-state index contributed by atoms with van der Waals surface area (Å²) in [5.41, 5.74) is -0.575. The molecule has 1 heterocycles. The van der Waals surface area contributed by atoms with Crippen molar-refractivity contribution < 1.29 is 19.4 Å². The van der Waals surface area contributed by atoms with Gasteiger partial charge in [-0.1, -0.05) is 6.92 Å². The van der Waals surface area contributed by atoms with E-state index in [0.29, 0.717) is 6.54 Å². The second-order valence-corrected chi connectivity index (χ2v) is 6.18. The Morgan fingerprint density at radius 3 is 2.58 bits per heavy atom. The number of ether oxygens (including phenoxy) is 1. The number of rotatable bonds is 3. The molecule has 6 heteroatoms. The van der Waals surface area contributed by atoms with E-state index in [2.05, 4.69) is 5.32 Å². The first-order valence-corrected chi connectivity index (χ1v) is 6.51. The van der Waals surface area contributed by atoms with Crippen LogP contribution in [0.2, 0.25) is 0 Å². The monoisotopic (exact) mass is 272 g/mol. The molecule has 1 rings (SSSR count). The van der Waals surface area contributed by atoms with Gasteiger partial charge in [-0.15, -0.1) is 0 Å². The summed E-state index contributed by atoms with van der Waals surface area (Å²) in [4.78, 5) is 24.7. The van der Waals surface area contributed by atoms with Gasteiger partial charge in [-0.25, -0.2) is 4.79 Å². The van der Waals surface area contributed by atoms with Crippen molar-refractivity contribution in [2.24, 2.45) is 11.8 Å². The Labute approximate surface area is 114 Å². The number of aliphatic hydroxyl groups is 1. The van der Waals surface area contributed by atoms with Crippen LogP contribution in [0.4, 0.5) is 4.79 Å². The molecule has 2 amide bonds. The summed E-state index contributed by atoms with van der Waals surface area (Å²) in [5, 5.41) is 12.8. The van der Waals surface area contributed by atoms with Crippen molar-refractivity contribution in [2.75, 3.05) is 20.1 Å². The topological polar surface area (TPSA) is 78.9 Å². The summed E-state index contributed by atoms with van der Waals surface area (Å²) in [6.07, 6.45) is -1.38. The van der Waals surface area contributed by atoms with E-state index in [0.717, 1.165) is 0 Å². The van der Waals surface area contributed by atoms with E-state index in [9.17, 15) is 14.7 Å². The summed E-state index contributed by atoms with van der Waals surface area (Å²) >= 11 is 0. The van der Waals surface area contributed by atoms with Gasteiger partial charge >= 0.3 is 6.09 Å². The van der Waals surface area contributed by atoms with Gasteiger partial charge in [0.1, 0.15) is 5.60 Å². The molecular weight excluding hydrogens is 248 g/mol. The van der Waals surface area contributed by atoms with Crippen LogP contribution in [0.3, 0.4) is 0 Å². The second kappa shape index (κ2) is 5.77. The van der Waals surface area contributed by atoms with Crippen molar-refractivity contribution >= 4 is 12.0 Å². The summed E-state index contributed by atoms with van der Waals surface area (Å²) in [6, 6.07) is 0. The minimum atomic E-state index is -0.880. The predicted molar refractivity (Wildman–Crippen MR) is 70.5 cm³/mol. The molecule has 1 aliphatic heterocycles. The van der Waals surface area contributed by atoms with Crippen molar-refractivity contribution in [3.05, 3.63) is 0 Å². The molecule has 1 saturated heterocycles. The minimum Gasteiger partial charge on any atom is -0.444 e. The molecule has 0 aromatic carbocycles. The molecular formula is C13H24N2O4. The maximum absolute atomic E-state index is 11.8. The highest BCUT2D eigenvalue weighted by Gasteiger charge is 2.38. The van der Waals surface area contributed by atoms with E-state index in [4.69, 9.17) is 4.74 Å². The Morgan fingerprint density at radius 2 is 2.16 bits per heavy atom. The number of carbonyl (C=O) groups excluding carboxylic acids is 2. The molecule has 3 unspecified atom stereocenters. The highest BCUT2D eigenvalue weighted by Crippen LogP contribution is 2.22. The Balaban J connectivity index is 2.54. The number of hydrogen-bond acceptors (Lipinski definition) is 4. The Kier molecular flexibility index (Phi) is 4.79. The molecule has 0 spiro atoms. The SMILES string of the molecule is CC1CNC(=O)C1C(O)CN(C)C(=O)OC(C)(C)C. The van der Waals surface area contributed by atoms with E-state index >= 15 is 0 Å². The Morgan fingerprint density at radius 1 is 1.58 bits per heavy atom. The van der Waals surface area contributed by atoms with Crippen LogP contribution in [0.5, 0.6) is 0 Å². The van der Waals surface area contributed by atoms with Gasteiger partial charge in [0.05, 0.1) is 18.6 Å². The lowest BCUT2D eigenvalue weighted by atomic mass is 9.91. The number of hydrogen-bond donors (Lipinski definition) is 2. The first-order chi connectivity index (χ1) is 8.61. The molecule has 0 aromatic rings. The van der Waals surface area contributed by atoms with Crippen LogP contribution < -0.4 is 5.32 Å². The van der Waals surface area contributed by atoms with Crippen molar-refractivity contribution in [1.29, 1.82) is 0 Å². The third-order valence-corrected chi connectivity index (χ3v) is 3.09. The number of aliphatic hydroxyl groups excluding tert-OH is 1. The molecule has 110 valence electrons. The lowest BCUT2D eigenvalue weighted by molar-refractivity contribution is -0.126. The number of amides is 2. The van der Waals surface area contributed by atoms with Gasteiger partial charge in [-0.2, -0.15) is 0 Å². The maximum atomic E-state index is 11.8. The summed E-state index contributed by atoms with van der Waals surface area (Å²) in [5.74, 6) is -0.558. The first-order valence-electron chi connectivity index (χ1n) is 6.51. The molecule has 0 radical (unpaired) electrons. The van der Waals surface area contributed by atoms with E-state index in [1.54, 1.807) is 27.8 Å². The zero-order chi connectivity index (χ0) is 14.8. The first kappa shape index (κ1) is 15.8. The fourth-order valence-electron chi connectivity index (χ4n) is 2.13. The van der Waals surface area contributed by atoms with Crippen LogP contribution in [0.25, 0.3) is 0 Å². The minimum absolute atomic E-state index is 0.0644. The van der Waals surface area contributed by atoms with Gasteiger partial charge in [0.15, 0.2) is 0 Å². The normalized spacial score (nSPS) is 24.8. The zero-order valence-corrected chi connectivity index (χ0v) is 12.3. The fourth-order valence-corrected chi connectivity index (χ4v) is 2.13. The molecule has 0 saturated carbocycles. The standard InChI is InChI=1S/C13H24N2O4/c1-8-6-14-11(17)10(8)9(16)7-15(5)12(18)19-13(2,3)4/h8-10,16H,6-7H2,1-5H3,(H,14,17). The van der Waals surface area contributed by atoms with Gasteiger partial charge < -0.3 is 20.1 Å². The molecule has 2 N–H and O–H groups in total. The summed E-state index contributed by atoms with van der Waals surface area (Å²) in [6.45, 7) is 7.89. The maximum Gasteiger partial charge on any atom is 0.410 e. The molecule has 0 bridgehead atoms. The third kappa shape index (κ3) is 4.38. The van der Waals surface area contributed by atoms with Gasteiger partial charge in [-0.3, -0.25) is 4.79 Å². The van der Waals surface area contributed by atoms with Crippen LogP contribution in [0, 0.1) is 11.8 Å². The van der Waals surface area contributed by atoms with Crippen LogP contribution in [-0.2, 0) is 9.53 Å². The van der Waals surface area contributed by atoms with E-state index in [-0.39, 0.29) is 18.4 Å². The van der Waals surface area contributed by atoms with E-state index < -0.39 is 23.7 Å². The smallest absolute Gasteiger partial charge is 0.410 e. The van der Waals surface area contributed by atoms with Crippen molar-refractivity contribution in [3.63, 3.8) is 0 Å². The largest absolute Gasteiger partial charge is 0.444 e. The Bertz CT molecular complexity index is 351. The molecule has 6 nitrogen and oxygen atoms in total. The number of nitrogens with zero attached hydrogens (tertiary/aromatic N) is 1. The predicted octanol–water partition coefficient (Wildman–Crippen LogP) is 0.596. The fraction of sp³-hybridized carbons (Fsp3) is 0.846. The summed E-state index contributed by atoms with van der Waals surface area (Å²) in [7, 11) is 1.55.